The summed E-state index contributed by atoms with van der Waals surface area (Å²) >= 11 is 5.82. The number of benzene rings is 2. The summed E-state index contributed by atoms with van der Waals surface area (Å²) in [5, 5.41) is 0.631. The fourth-order valence-corrected chi connectivity index (χ4v) is 3.20. The molecule has 0 aromatic heterocycles. The van der Waals surface area contributed by atoms with Crippen molar-refractivity contribution >= 4 is 22.4 Å². The second-order valence-electron chi connectivity index (χ2n) is 4.57. The van der Waals surface area contributed by atoms with E-state index in [0.29, 0.717) is 17.4 Å². The summed E-state index contributed by atoms with van der Waals surface area (Å²) < 4.78 is 17.7. The van der Waals surface area contributed by atoms with Crippen molar-refractivity contribution < 1.29 is 8.95 Å². The molecule has 2 unspecified atom stereocenters. The number of nitrogens with two attached hydrogens (primary N) is 1. The van der Waals surface area contributed by atoms with Gasteiger partial charge in [0.2, 0.25) is 0 Å². The molecule has 2 rings (SSSR count). The van der Waals surface area contributed by atoms with E-state index in [2.05, 4.69) is 0 Å². The average molecular weight is 324 g/mol. The highest BCUT2D eigenvalue weighted by atomic mass is 35.5. The van der Waals surface area contributed by atoms with Gasteiger partial charge in [0.25, 0.3) is 0 Å². The standard InChI is InChI=1S/C16H18ClNO2S/c1-2-20-14-7-3-12(4-8-14)16(18)11-21(19)15-9-5-13(17)6-10-15/h3-10,16H,2,11,18H2,1H3. The molecule has 2 aromatic carbocycles. The van der Waals surface area contributed by atoms with Crippen molar-refractivity contribution in [3.63, 3.8) is 0 Å². The molecule has 2 N–H and O–H groups in total. The summed E-state index contributed by atoms with van der Waals surface area (Å²) in [6.07, 6.45) is 0. The Kier molecular flexibility index (Phi) is 5.79. The molecule has 0 aliphatic heterocycles. The Morgan fingerprint density at radius 2 is 1.76 bits per heavy atom. The van der Waals surface area contributed by atoms with Gasteiger partial charge in [0.15, 0.2) is 0 Å². The van der Waals surface area contributed by atoms with Gasteiger partial charge in [-0.15, -0.1) is 0 Å². The third-order valence-corrected chi connectivity index (χ3v) is 4.74. The summed E-state index contributed by atoms with van der Waals surface area (Å²) in [6, 6.07) is 14.3. The largest absolute Gasteiger partial charge is 0.494 e. The molecule has 21 heavy (non-hydrogen) atoms. The van der Waals surface area contributed by atoms with Crippen molar-refractivity contribution in [2.24, 2.45) is 5.73 Å². The van der Waals surface area contributed by atoms with Gasteiger partial charge in [-0.1, -0.05) is 23.7 Å². The van der Waals surface area contributed by atoms with Crippen molar-refractivity contribution in [2.75, 3.05) is 12.4 Å². The second kappa shape index (κ2) is 7.59. The summed E-state index contributed by atoms with van der Waals surface area (Å²) in [6.45, 7) is 2.57. The lowest BCUT2D eigenvalue weighted by Gasteiger charge is -2.12. The van der Waals surface area contributed by atoms with Crippen molar-refractivity contribution in [1.82, 2.24) is 0 Å². The lowest BCUT2D eigenvalue weighted by Crippen LogP contribution is -2.18. The van der Waals surface area contributed by atoms with Crippen LogP contribution in [0.3, 0.4) is 0 Å². The monoisotopic (exact) mass is 323 g/mol. The molecule has 3 nitrogen and oxygen atoms in total. The van der Waals surface area contributed by atoms with Gasteiger partial charge in [0.05, 0.1) is 17.4 Å². The molecule has 2 atom stereocenters. The molecule has 2 aromatic rings. The quantitative estimate of drug-likeness (QED) is 0.884. The van der Waals surface area contributed by atoms with Gasteiger partial charge in [-0.25, -0.2) is 0 Å². The zero-order valence-electron chi connectivity index (χ0n) is 11.8. The Labute approximate surface area is 132 Å². The minimum absolute atomic E-state index is 0.280. The van der Waals surface area contributed by atoms with Crippen LogP contribution < -0.4 is 10.5 Å². The minimum atomic E-state index is -1.15. The van der Waals surface area contributed by atoms with Gasteiger partial charge in [-0.3, -0.25) is 4.21 Å². The van der Waals surface area contributed by atoms with Crippen molar-refractivity contribution in [3.05, 3.63) is 59.1 Å². The maximum atomic E-state index is 12.3. The Hall–Kier alpha value is -1.36. The van der Waals surface area contributed by atoms with E-state index < -0.39 is 10.8 Å². The zero-order valence-corrected chi connectivity index (χ0v) is 13.4. The molecule has 0 aliphatic carbocycles. The van der Waals surface area contributed by atoms with Gasteiger partial charge < -0.3 is 10.5 Å². The van der Waals surface area contributed by atoms with Crippen LogP contribution >= 0.6 is 11.6 Å². The average Bonchev–Trinajstić information content (AvgIpc) is 2.49. The first-order chi connectivity index (χ1) is 10.1. The van der Waals surface area contributed by atoms with Crippen LogP contribution in [-0.4, -0.2) is 16.6 Å². The number of halogens is 1. The van der Waals surface area contributed by atoms with E-state index in [1.165, 1.54) is 0 Å². The van der Waals surface area contributed by atoms with Gasteiger partial charge in [-0.05, 0) is 48.9 Å². The Bertz CT molecular complexity index is 599. The molecule has 0 fully saturated rings. The van der Waals surface area contributed by atoms with E-state index in [9.17, 15) is 4.21 Å². The van der Waals surface area contributed by atoms with Crippen LogP contribution in [0.1, 0.15) is 18.5 Å². The Balaban J connectivity index is 2.01. The topological polar surface area (TPSA) is 52.3 Å². The molecule has 5 heteroatoms. The van der Waals surface area contributed by atoms with Gasteiger partial charge in [0.1, 0.15) is 5.75 Å². The molecule has 0 amide bonds. The highest BCUT2D eigenvalue weighted by molar-refractivity contribution is 7.85. The number of hydrogen-bond donors (Lipinski definition) is 1. The van der Waals surface area contributed by atoms with E-state index in [-0.39, 0.29) is 6.04 Å². The SMILES string of the molecule is CCOc1ccc(C(N)CS(=O)c2ccc(Cl)cc2)cc1. The first-order valence-electron chi connectivity index (χ1n) is 6.72. The zero-order chi connectivity index (χ0) is 15.2. The number of rotatable bonds is 6. The lowest BCUT2D eigenvalue weighted by molar-refractivity contribution is 0.340. The minimum Gasteiger partial charge on any atom is -0.494 e. The molecular formula is C16H18ClNO2S. The number of ether oxygens (including phenoxy) is 1. The molecule has 0 spiro atoms. The molecule has 0 radical (unpaired) electrons. The normalized spacial score (nSPS) is 13.7. The fraction of sp³-hybridized carbons (Fsp3) is 0.250. The smallest absolute Gasteiger partial charge is 0.119 e. The third kappa shape index (κ3) is 4.56. The molecule has 0 aliphatic rings. The van der Waals surface area contributed by atoms with Gasteiger partial charge >= 0.3 is 0 Å². The van der Waals surface area contributed by atoms with E-state index in [4.69, 9.17) is 22.1 Å². The van der Waals surface area contributed by atoms with E-state index >= 15 is 0 Å². The number of hydrogen-bond acceptors (Lipinski definition) is 3. The predicted molar refractivity (Wildman–Crippen MR) is 87.3 cm³/mol. The molecular weight excluding hydrogens is 306 g/mol. The maximum absolute atomic E-state index is 12.3. The van der Waals surface area contributed by atoms with E-state index in [0.717, 1.165) is 16.2 Å². The van der Waals surface area contributed by atoms with Crippen molar-refractivity contribution in [3.8, 4) is 5.75 Å². The highest BCUT2D eigenvalue weighted by Gasteiger charge is 2.12. The van der Waals surface area contributed by atoms with Crippen LogP contribution in [0.5, 0.6) is 5.75 Å². The van der Waals surface area contributed by atoms with Crippen molar-refractivity contribution in [2.45, 2.75) is 17.9 Å². The summed E-state index contributed by atoms with van der Waals surface area (Å²) in [4.78, 5) is 0.737. The highest BCUT2D eigenvalue weighted by Crippen LogP contribution is 2.20. The van der Waals surface area contributed by atoms with Crippen molar-refractivity contribution in [1.29, 1.82) is 0 Å². The summed E-state index contributed by atoms with van der Waals surface area (Å²) in [5.74, 6) is 1.18. The van der Waals surface area contributed by atoms with Crippen LogP contribution in [0, 0.1) is 0 Å². The molecule has 0 saturated heterocycles. The Morgan fingerprint density at radius 3 is 2.33 bits per heavy atom. The maximum Gasteiger partial charge on any atom is 0.119 e. The molecule has 0 heterocycles. The van der Waals surface area contributed by atoms with Crippen LogP contribution in [-0.2, 0) is 10.8 Å². The van der Waals surface area contributed by atoms with Crippen LogP contribution in [0.15, 0.2) is 53.4 Å². The predicted octanol–water partition coefficient (Wildman–Crippen LogP) is 3.55. The molecule has 0 saturated carbocycles. The van der Waals surface area contributed by atoms with E-state index in [1.807, 2.05) is 31.2 Å². The first kappa shape index (κ1) is 16.0. The molecule has 0 bridgehead atoms. The summed E-state index contributed by atoms with van der Waals surface area (Å²) in [5.41, 5.74) is 7.07. The first-order valence-corrected chi connectivity index (χ1v) is 8.42. The Morgan fingerprint density at radius 1 is 1.14 bits per heavy atom. The lowest BCUT2D eigenvalue weighted by atomic mass is 10.1. The molecule has 112 valence electrons. The van der Waals surface area contributed by atoms with Gasteiger partial charge in [0, 0.05) is 21.7 Å². The van der Waals surface area contributed by atoms with E-state index in [1.54, 1.807) is 24.3 Å². The second-order valence-corrected chi connectivity index (χ2v) is 6.51. The van der Waals surface area contributed by atoms with Crippen LogP contribution in [0.2, 0.25) is 5.02 Å². The van der Waals surface area contributed by atoms with Crippen LogP contribution in [0.4, 0.5) is 0 Å². The van der Waals surface area contributed by atoms with Gasteiger partial charge in [-0.2, -0.15) is 0 Å². The fourth-order valence-electron chi connectivity index (χ4n) is 1.92. The summed E-state index contributed by atoms with van der Waals surface area (Å²) in [7, 11) is -1.15. The third-order valence-electron chi connectivity index (χ3n) is 3.03. The van der Waals surface area contributed by atoms with Crippen LogP contribution in [0.25, 0.3) is 0 Å².